The number of nitrogens with two attached hydrogens (primary N) is 1. The average molecular weight is 288 g/mol. The first-order valence-corrected chi connectivity index (χ1v) is 6.91. The van der Waals surface area contributed by atoms with Crippen LogP contribution in [0.4, 0.5) is 0 Å². The molecule has 0 aliphatic carbocycles. The number of hydrogen-bond acceptors (Lipinski definition) is 7. The van der Waals surface area contributed by atoms with E-state index in [9.17, 15) is 14.9 Å². The summed E-state index contributed by atoms with van der Waals surface area (Å²) in [5.41, 5.74) is 5.58. The molecule has 0 aromatic carbocycles. The van der Waals surface area contributed by atoms with Gasteiger partial charge < -0.3 is 15.8 Å². The van der Waals surface area contributed by atoms with Gasteiger partial charge in [0.1, 0.15) is 6.54 Å². The number of rotatable bonds is 5. The maximum atomic E-state index is 11.2. The lowest BCUT2D eigenvalue weighted by molar-refractivity contribution is -0.417. The van der Waals surface area contributed by atoms with Gasteiger partial charge in [-0.1, -0.05) is 0 Å². The summed E-state index contributed by atoms with van der Waals surface area (Å²) < 4.78 is 4.71. The molecule has 0 saturated heterocycles. The van der Waals surface area contributed by atoms with Crippen LogP contribution in [0.5, 0.6) is 0 Å². The molecule has 19 heavy (non-hydrogen) atoms. The van der Waals surface area contributed by atoms with Crippen LogP contribution in [0.1, 0.15) is 13.3 Å². The number of ether oxygens (including phenoxy) is 1. The van der Waals surface area contributed by atoms with Crippen molar-refractivity contribution in [3.8, 4) is 0 Å². The Morgan fingerprint density at radius 2 is 2.42 bits per heavy atom. The highest BCUT2D eigenvalue weighted by atomic mass is 32.2. The number of amidine groups is 1. The molecule has 0 amide bonds. The summed E-state index contributed by atoms with van der Waals surface area (Å²) in [6, 6.07) is 0. The normalized spacial score (nSPS) is 21.2. The second kappa shape index (κ2) is 6.98. The summed E-state index contributed by atoms with van der Waals surface area (Å²) in [5.74, 6) is -0.509. The number of thioether (sulfide) groups is 1. The molecule has 0 radical (unpaired) electrons. The molecule has 0 saturated carbocycles. The number of esters is 1. The Balaban J connectivity index is 2.93. The van der Waals surface area contributed by atoms with Crippen molar-refractivity contribution in [2.75, 3.05) is 19.4 Å². The van der Waals surface area contributed by atoms with Gasteiger partial charge in [-0.05, 0) is 13.2 Å². The van der Waals surface area contributed by atoms with Crippen molar-refractivity contribution >= 4 is 23.6 Å². The zero-order chi connectivity index (χ0) is 14.4. The summed E-state index contributed by atoms with van der Waals surface area (Å²) in [5, 5.41) is 13.8. The van der Waals surface area contributed by atoms with Gasteiger partial charge in [0.2, 0.25) is 5.84 Å². The van der Waals surface area contributed by atoms with Gasteiger partial charge in [0.05, 0.1) is 22.6 Å². The lowest BCUT2D eigenvalue weighted by atomic mass is 10.2. The molecule has 1 heterocycles. The standard InChI is InChI=1S/C10H16N4O4S/c1-3-18-8(15)5-12-10-9(14(16)17)6(11)4-7(13-10)19-2/h7H,3-5,11H2,1-2H3,(H,12,13). The van der Waals surface area contributed by atoms with E-state index in [0.29, 0.717) is 6.42 Å². The Kier molecular flexibility index (Phi) is 5.61. The van der Waals surface area contributed by atoms with Crippen molar-refractivity contribution in [3.63, 3.8) is 0 Å². The van der Waals surface area contributed by atoms with Gasteiger partial charge in [0, 0.05) is 6.42 Å². The Labute approximate surface area is 114 Å². The molecule has 1 aliphatic heterocycles. The molecule has 0 aromatic rings. The van der Waals surface area contributed by atoms with Crippen molar-refractivity contribution in [3.05, 3.63) is 21.5 Å². The van der Waals surface area contributed by atoms with Gasteiger partial charge in [-0.15, -0.1) is 11.8 Å². The van der Waals surface area contributed by atoms with E-state index >= 15 is 0 Å². The van der Waals surface area contributed by atoms with E-state index in [0.717, 1.165) is 0 Å². The van der Waals surface area contributed by atoms with E-state index in [-0.39, 0.29) is 35.8 Å². The summed E-state index contributed by atoms with van der Waals surface area (Å²) >= 11 is 1.47. The van der Waals surface area contributed by atoms with Crippen LogP contribution in [0.25, 0.3) is 0 Å². The SMILES string of the molecule is CCOC(=O)CN=C1NC(SC)CC(N)=C1[N+](=O)[O-]. The molecule has 0 aromatic heterocycles. The van der Waals surface area contributed by atoms with E-state index in [2.05, 4.69) is 10.3 Å². The predicted octanol–water partition coefficient (Wildman–Crippen LogP) is 0.0774. The lowest BCUT2D eigenvalue weighted by Gasteiger charge is -2.23. The number of nitro groups is 1. The third-order valence-electron chi connectivity index (χ3n) is 2.37. The molecule has 1 rings (SSSR count). The fourth-order valence-electron chi connectivity index (χ4n) is 1.54. The van der Waals surface area contributed by atoms with Gasteiger partial charge in [-0.3, -0.25) is 19.9 Å². The molecular weight excluding hydrogens is 272 g/mol. The first kappa shape index (κ1) is 15.3. The quantitative estimate of drug-likeness (QED) is 0.417. The smallest absolute Gasteiger partial charge is 0.329 e. The monoisotopic (exact) mass is 288 g/mol. The van der Waals surface area contributed by atoms with Crippen LogP contribution in [0.15, 0.2) is 16.4 Å². The summed E-state index contributed by atoms with van der Waals surface area (Å²) in [6.07, 6.45) is 2.21. The predicted molar refractivity (Wildman–Crippen MR) is 72.2 cm³/mol. The van der Waals surface area contributed by atoms with Crippen molar-refractivity contribution in [1.29, 1.82) is 0 Å². The van der Waals surface area contributed by atoms with Gasteiger partial charge >= 0.3 is 11.7 Å². The highest BCUT2D eigenvalue weighted by Gasteiger charge is 2.32. The fraction of sp³-hybridized carbons (Fsp3) is 0.600. The van der Waals surface area contributed by atoms with E-state index in [1.165, 1.54) is 11.8 Å². The topological polar surface area (TPSA) is 120 Å². The second-order valence-corrected chi connectivity index (χ2v) is 4.71. The van der Waals surface area contributed by atoms with Gasteiger partial charge in [-0.2, -0.15) is 0 Å². The average Bonchev–Trinajstić information content (AvgIpc) is 2.35. The minimum atomic E-state index is -0.594. The van der Waals surface area contributed by atoms with Gasteiger partial charge in [0.25, 0.3) is 0 Å². The third kappa shape index (κ3) is 4.12. The molecule has 1 atom stereocenters. The number of hydrogen-bond donors (Lipinski definition) is 2. The Morgan fingerprint density at radius 3 is 2.95 bits per heavy atom. The first-order valence-electron chi connectivity index (χ1n) is 5.62. The molecule has 9 heteroatoms. The summed E-state index contributed by atoms with van der Waals surface area (Å²) in [6.45, 7) is 1.64. The number of carbonyl (C=O) groups is 1. The summed E-state index contributed by atoms with van der Waals surface area (Å²) in [7, 11) is 0. The number of nitrogens with zero attached hydrogens (tertiary/aromatic N) is 2. The van der Waals surface area contributed by atoms with E-state index in [4.69, 9.17) is 10.5 Å². The largest absolute Gasteiger partial charge is 0.465 e. The van der Waals surface area contributed by atoms with Crippen LogP contribution in [0.3, 0.4) is 0 Å². The third-order valence-corrected chi connectivity index (χ3v) is 3.22. The lowest BCUT2D eigenvalue weighted by Crippen LogP contribution is -2.42. The van der Waals surface area contributed by atoms with Crippen molar-refractivity contribution in [2.24, 2.45) is 10.7 Å². The Bertz CT molecular complexity index is 435. The van der Waals surface area contributed by atoms with Crippen LogP contribution >= 0.6 is 11.8 Å². The summed E-state index contributed by atoms with van der Waals surface area (Å²) in [4.78, 5) is 25.5. The Morgan fingerprint density at radius 1 is 1.74 bits per heavy atom. The van der Waals surface area contributed by atoms with E-state index in [1.54, 1.807) is 6.92 Å². The highest BCUT2D eigenvalue weighted by Crippen LogP contribution is 2.20. The van der Waals surface area contributed by atoms with Crippen LogP contribution in [0.2, 0.25) is 0 Å². The molecule has 106 valence electrons. The zero-order valence-corrected chi connectivity index (χ0v) is 11.5. The number of carbonyl (C=O) groups excluding carboxylic acids is 1. The highest BCUT2D eigenvalue weighted by molar-refractivity contribution is 7.99. The maximum Gasteiger partial charge on any atom is 0.329 e. The van der Waals surface area contributed by atoms with Gasteiger partial charge in [0.15, 0.2) is 0 Å². The molecule has 8 nitrogen and oxygen atoms in total. The zero-order valence-electron chi connectivity index (χ0n) is 10.7. The molecule has 1 aliphatic rings. The van der Waals surface area contributed by atoms with E-state index < -0.39 is 10.9 Å². The number of aliphatic imine (C=N–C) groups is 1. The maximum absolute atomic E-state index is 11.2. The van der Waals surface area contributed by atoms with Crippen molar-refractivity contribution in [2.45, 2.75) is 18.7 Å². The van der Waals surface area contributed by atoms with Crippen LogP contribution in [0, 0.1) is 10.1 Å². The molecule has 1 unspecified atom stereocenters. The first-order chi connectivity index (χ1) is 8.99. The van der Waals surface area contributed by atoms with Crippen LogP contribution < -0.4 is 11.1 Å². The van der Waals surface area contributed by atoms with Gasteiger partial charge in [-0.25, -0.2) is 0 Å². The Hall–Kier alpha value is -1.77. The fourth-order valence-corrected chi connectivity index (χ4v) is 2.11. The second-order valence-electron chi connectivity index (χ2n) is 3.67. The van der Waals surface area contributed by atoms with Crippen molar-refractivity contribution in [1.82, 2.24) is 5.32 Å². The van der Waals surface area contributed by atoms with Crippen LogP contribution in [-0.2, 0) is 9.53 Å². The number of nitrogens with one attached hydrogen (secondary N) is 1. The van der Waals surface area contributed by atoms with Crippen molar-refractivity contribution < 1.29 is 14.5 Å². The minimum absolute atomic E-state index is 0.0288. The molecular formula is C10H16N4O4S. The van der Waals surface area contributed by atoms with E-state index in [1.807, 2.05) is 6.26 Å². The molecule has 0 spiro atoms. The van der Waals surface area contributed by atoms with Crippen LogP contribution in [-0.4, -0.2) is 41.5 Å². The minimum Gasteiger partial charge on any atom is -0.465 e. The molecule has 0 fully saturated rings. The molecule has 3 N–H and O–H groups in total. The molecule has 0 bridgehead atoms.